The number of hydrogen-bond donors (Lipinski definition) is 3. The molecule has 13 heteroatoms. The molecule has 3 nitrogen and oxygen atoms in total. The maximum atomic E-state index is 10.0. The molecule has 2 aromatic carbocycles. The molecule has 0 heterocycles. The molecular formula is C16H17Al3Cl7O3. The van der Waals surface area contributed by atoms with Crippen LogP contribution in [-0.4, -0.2) is 55.4 Å². The van der Waals surface area contributed by atoms with Gasteiger partial charge in [0.25, 0.3) is 0 Å². The first-order valence-corrected chi connectivity index (χ1v) is 18.4. The Morgan fingerprint density at radius 2 is 1.07 bits per heavy atom. The van der Waals surface area contributed by atoms with E-state index in [4.69, 9.17) is 71.9 Å². The number of rotatable bonds is 1. The predicted octanol–water partition coefficient (Wildman–Crippen LogP) is 7.42. The van der Waals surface area contributed by atoms with E-state index >= 15 is 0 Å². The number of phenolic OH excluding ortho intramolecular Hbond substituents is 3. The Morgan fingerprint density at radius 3 is 1.48 bits per heavy atom. The molecule has 0 spiro atoms. The van der Waals surface area contributed by atoms with Gasteiger partial charge in [0.05, 0.1) is 5.02 Å². The SMILES string of the molecule is CC(C)(C)c1ccc(O)c(-c2cc(O)c(Cl)cc2O)c1.[Cl][Al][Cl].[Cl][Al][Cl].[Cl][Al][Cl]. The van der Waals surface area contributed by atoms with Gasteiger partial charge in [-0.1, -0.05) is 38.4 Å². The number of aromatic hydroxyl groups is 3. The minimum Gasteiger partial charge on any atom is -0.507 e. The van der Waals surface area contributed by atoms with Crippen LogP contribution in [0, 0.1) is 0 Å². The third-order valence-corrected chi connectivity index (χ3v) is 3.52. The van der Waals surface area contributed by atoms with E-state index in [0.717, 1.165) is 5.56 Å². The van der Waals surface area contributed by atoms with Crippen molar-refractivity contribution in [2.75, 3.05) is 0 Å². The standard InChI is InChI=1S/C16H17ClO3.3Al.6ClH/c1-16(2,3)9-4-5-13(18)10(6-9)11-7-15(20)12(17)8-14(11)19;;;;;;;;;/h4-8,18-20H,1-3H3;;;;6*1H/q;3*+2;;;;;;/p-6. The van der Waals surface area contributed by atoms with Crippen LogP contribution in [0.1, 0.15) is 26.3 Å². The van der Waals surface area contributed by atoms with Crippen molar-refractivity contribution in [3.63, 3.8) is 0 Å². The third-order valence-electron chi connectivity index (χ3n) is 3.22. The lowest BCUT2D eigenvalue weighted by molar-refractivity contribution is 0.459. The normalized spacial score (nSPS) is 9.45. The van der Waals surface area contributed by atoms with Gasteiger partial charge in [0.1, 0.15) is 17.2 Å². The number of benzene rings is 2. The summed E-state index contributed by atoms with van der Waals surface area (Å²) >= 11 is 4.83. The molecule has 0 saturated carbocycles. The largest absolute Gasteiger partial charge is 0.507 e. The quantitative estimate of drug-likeness (QED) is 0.241. The van der Waals surface area contributed by atoms with Gasteiger partial charge in [-0.05, 0) is 29.2 Å². The van der Waals surface area contributed by atoms with Gasteiger partial charge in [0.15, 0.2) is 0 Å². The summed E-state index contributed by atoms with van der Waals surface area (Å²) in [7, 11) is 29.1. The highest BCUT2D eigenvalue weighted by Gasteiger charge is 2.18. The second kappa shape index (κ2) is 18.0. The molecule has 2 rings (SSSR count). The van der Waals surface area contributed by atoms with Crippen LogP contribution in [0.2, 0.25) is 5.02 Å². The number of hydrogen-bond acceptors (Lipinski definition) is 3. The highest BCUT2D eigenvalue weighted by molar-refractivity contribution is 7.23. The molecule has 0 saturated heterocycles. The summed E-state index contributed by atoms with van der Waals surface area (Å²) in [5.74, 6) is -0.191. The van der Waals surface area contributed by atoms with E-state index in [2.05, 4.69) is 20.8 Å². The Balaban J connectivity index is 0. The topological polar surface area (TPSA) is 60.7 Å². The maximum absolute atomic E-state index is 10.0. The van der Waals surface area contributed by atoms with E-state index in [1.54, 1.807) is 12.1 Å². The predicted molar refractivity (Wildman–Crippen MR) is 133 cm³/mol. The van der Waals surface area contributed by atoms with Crippen molar-refractivity contribution >= 4 is 112 Å². The first kappa shape index (κ1) is 32.6. The molecule has 3 N–H and O–H groups in total. The highest BCUT2D eigenvalue weighted by Crippen LogP contribution is 2.42. The molecule has 0 atom stereocenters. The van der Waals surface area contributed by atoms with Gasteiger partial charge < -0.3 is 15.3 Å². The summed E-state index contributed by atoms with van der Waals surface area (Å²) in [5.41, 5.74) is 1.73. The fourth-order valence-corrected chi connectivity index (χ4v) is 2.14. The summed E-state index contributed by atoms with van der Waals surface area (Å²) in [4.78, 5) is 0. The lowest BCUT2D eigenvalue weighted by Crippen LogP contribution is -2.10. The van der Waals surface area contributed by atoms with E-state index in [9.17, 15) is 15.3 Å². The Morgan fingerprint density at radius 1 is 0.655 bits per heavy atom. The first-order chi connectivity index (χ1) is 13.4. The van der Waals surface area contributed by atoms with Crippen molar-refractivity contribution < 1.29 is 15.3 Å². The Kier molecular flexibility index (Phi) is 20.2. The molecule has 0 aliphatic rings. The zero-order valence-electron chi connectivity index (χ0n) is 15.6. The summed E-state index contributed by atoms with van der Waals surface area (Å²) < 4.78 is 0. The van der Waals surface area contributed by atoms with Crippen LogP contribution in [0.15, 0.2) is 30.3 Å². The summed E-state index contributed by atoms with van der Waals surface area (Å²) in [6.07, 6.45) is 0. The van der Waals surface area contributed by atoms with Crippen LogP contribution < -0.4 is 0 Å². The van der Waals surface area contributed by atoms with Crippen molar-refractivity contribution in [1.82, 2.24) is 0 Å². The average Bonchev–Trinajstić information content (AvgIpc) is 2.60. The van der Waals surface area contributed by atoms with Crippen molar-refractivity contribution in [3.05, 3.63) is 40.9 Å². The van der Waals surface area contributed by atoms with Crippen LogP contribution in [0.3, 0.4) is 0 Å². The zero-order chi connectivity index (χ0) is 23.2. The Bertz CT molecular complexity index is 727. The molecule has 2 aromatic rings. The molecule has 0 unspecified atom stereocenters. The Hall–Kier alpha value is 1.47. The van der Waals surface area contributed by atoms with Crippen molar-refractivity contribution in [2.45, 2.75) is 26.2 Å². The summed E-state index contributed by atoms with van der Waals surface area (Å²) in [6, 6.07) is 7.83. The molecule has 0 amide bonds. The van der Waals surface area contributed by atoms with Crippen LogP contribution in [0.25, 0.3) is 11.1 Å². The van der Waals surface area contributed by atoms with E-state index in [-0.39, 0.29) is 67.8 Å². The first-order valence-electron chi connectivity index (χ1n) is 7.56. The molecule has 0 fully saturated rings. The van der Waals surface area contributed by atoms with E-state index in [1.807, 2.05) is 6.07 Å². The molecule has 0 bridgehead atoms. The van der Waals surface area contributed by atoms with Gasteiger partial charge in [-0.3, -0.25) is 0 Å². The highest BCUT2D eigenvalue weighted by atomic mass is 35.7. The average molecular weight is 586 g/mol. The molecule has 0 aromatic heterocycles. The third kappa shape index (κ3) is 13.6. The second-order valence-corrected chi connectivity index (χ2v) is 12.9. The molecule has 29 heavy (non-hydrogen) atoms. The maximum Gasteiger partial charge on any atom is 0.495 e. The molecule has 0 aliphatic heterocycles. The lowest BCUT2D eigenvalue weighted by Gasteiger charge is -2.20. The van der Waals surface area contributed by atoms with Gasteiger partial charge >= 0.3 is 40.1 Å². The van der Waals surface area contributed by atoms with E-state index in [0.29, 0.717) is 11.1 Å². The number of phenols is 3. The number of halogens is 7. The van der Waals surface area contributed by atoms with Gasteiger partial charge in [-0.25, -0.2) is 60.3 Å². The molecule has 157 valence electrons. The van der Waals surface area contributed by atoms with E-state index < -0.39 is 0 Å². The van der Waals surface area contributed by atoms with Crippen molar-refractivity contribution in [1.29, 1.82) is 0 Å². The summed E-state index contributed by atoms with van der Waals surface area (Å²) in [6.45, 7) is 6.17. The van der Waals surface area contributed by atoms with Crippen LogP contribution >= 0.6 is 71.9 Å². The lowest BCUT2D eigenvalue weighted by atomic mass is 9.85. The molecule has 3 radical (unpaired) electrons. The molecular weight excluding hydrogens is 569 g/mol. The molecule has 0 aliphatic carbocycles. The van der Waals surface area contributed by atoms with Crippen molar-refractivity contribution in [2.24, 2.45) is 0 Å². The van der Waals surface area contributed by atoms with Crippen LogP contribution in [0.5, 0.6) is 17.2 Å². The van der Waals surface area contributed by atoms with Crippen molar-refractivity contribution in [3.8, 4) is 28.4 Å². The van der Waals surface area contributed by atoms with Gasteiger partial charge in [-0.2, -0.15) is 0 Å². The zero-order valence-corrected chi connectivity index (χ0v) is 24.4. The van der Waals surface area contributed by atoms with E-state index in [1.165, 1.54) is 12.1 Å². The minimum atomic E-state index is -0.306. The fourth-order valence-electron chi connectivity index (χ4n) is 1.99. The monoisotopic (exact) mass is 583 g/mol. The van der Waals surface area contributed by atoms with Gasteiger partial charge in [0, 0.05) is 17.2 Å². The van der Waals surface area contributed by atoms with Gasteiger partial charge in [-0.15, -0.1) is 0 Å². The van der Waals surface area contributed by atoms with Crippen LogP contribution in [-0.2, 0) is 5.41 Å². The summed E-state index contributed by atoms with van der Waals surface area (Å²) in [5, 5.41) is 29.7. The van der Waals surface area contributed by atoms with Gasteiger partial charge in [0.2, 0.25) is 0 Å². The Labute approximate surface area is 220 Å². The second-order valence-electron chi connectivity index (χ2n) is 6.05. The minimum absolute atomic E-state index is 0.0371. The van der Waals surface area contributed by atoms with Crippen LogP contribution in [0.4, 0.5) is 0 Å². The fraction of sp³-hybridized carbons (Fsp3) is 0.250. The smallest absolute Gasteiger partial charge is 0.495 e.